The number of anilines is 2. The van der Waals surface area contributed by atoms with Gasteiger partial charge in [-0.3, -0.25) is 0 Å². The Bertz CT molecular complexity index is 367. The van der Waals surface area contributed by atoms with E-state index in [1.165, 1.54) is 6.42 Å². The maximum atomic E-state index is 9.84. The summed E-state index contributed by atoms with van der Waals surface area (Å²) < 4.78 is 0.664. The van der Waals surface area contributed by atoms with Gasteiger partial charge in [0.15, 0.2) is 0 Å². The van der Waals surface area contributed by atoms with E-state index in [0.29, 0.717) is 22.9 Å². The predicted octanol–water partition coefficient (Wildman–Crippen LogP) is 1.78. The van der Waals surface area contributed by atoms with Gasteiger partial charge in [-0.05, 0) is 28.8 Å². The topological polar surface area (TPSA) is 84.1 Å². The number of rotatable bonds is 3. The molecule has 0 bridgehead atoms. The largest absolute Gasteiger partial charge is 0.393 e. The molecule has 0 spiro atoms. The van der Waals surface area contributed by atoms with Crippen LogP contribution in [0, 0.1) is 5.92 Å². The fourth-order valence-electron chi connectivity index (χ4n) is 2.16. The van der Waals surface area contributed by atoms with Crippen molar-refractivity contribution in [3.63, 3.8) is 0 Å². The molecule has 0 aliphatic heterocycles. The third-order valence-electron chi connectivity index (χ3n) is 3.11. The lowest BCUT2D eigenvalue weighted by atomic mass is 9.86. The minimum Gasteiger partial charge on any atom is -0.393 e. The molecule has 2 rings (SSSR count). The number of aliphatic hydroxyl groups is 1. The second kappa shape index (κ2) is 5.64. The molecule has 0 radical (unpaired) electrons. The predicted molar refractivity (Wildman–Crippen MR) is 70.6 cm³/mol. The summed E-state index contributed by atoms with van der Waals surface area (Å²) in [7, 11) is 0. The highest BCUT2D eigenvalue weighted by molar-refractivity contribution is 9.10. The molecule has 6 heteroatoms. The second-order valence-electron chi connectivity index (χ2n) is 4.43. The molecule has 2 atom stereocenters. The highest BCUT2D eigenvalue weighted by Crippen LogP contribution is 2.24. The van der Waals surface area contributed by atoms with Crippen LogP contribution in [0.4, 0.5) is 11.8 Å². The van der Waals surface area contributed by atoms with Gasteiger partial charge in [0.05, 0.1) is 6.10 Å². The van der Waals surface area contributed by atoms with Gasteiger partial charge in [0.2, 0.25) is 5.95 Å². The molecule has 2 unspecified atom stereocenters. The average molecular weight is 301 g/mol. The third-order valence-corrected chi connectivity index (χ3v) is 3.51. The van der Waals surface area contributed by atoms with E-state index < -0.39 is 0 Å². The van der Waals surface area contributed by atoms with Crippen molar-refractivity contribution in [3.8, 4) is 0 Å². The van der Waals surface area contributed by atoms with E-state index in [-0.39, 0.29) is 12.0 Å². The summed E-state index contributed by atoms with van der Waals surface area (Å²) in [5.74, 6) is 1.22. The first kappa shape index (κ1) is 12.6. The molecule has 1 heterocycles. The molecule has 1 aromatic heterocycles. The first-order valence-corrected chi connectivity index (χ1v) is 6.66. The summed E-state index contributed by atoms with van der Waals surface area (Å²) in [4.78, 5) is 8.26. The summed E-state index contributed by atoms with van der Waals surface area (Å²) in [6.45, 7) is 0.692. The number of hydrogen-bond acceptors (Lipinski definition) is 5. The fraction of sp³-hybridized carbons (Fsp3) is 0.636. The fourth-order valence-corrected chi connectivity index (χ4v) is 2.57. The van der Waals surface area contributed by atoms with Gasteiger partial charge in [0.25, 0.3) is 0 Å². The van der Waals surface area contributed by atoms with Crippen LogP contribution in [0.1, 0.15) is 25.7 Å². The standard InChI is InChI=1S/C11H17BrN4O/c12-9-5-10(13)16-11(15-9)14-6-7-3-1-2-4-8(7)17/h5,7-8,17H,1-4,6H2,(H3,13,14,15,16). The maximum absolute atomic E-state index is 9.84. The Morgan fingerprint density at radius 2 is 2.18 bits per heavy atom. The zero-order valence-electron chi connectivity index (χ0n) is 9.56. The van der Waals surface area contributed by atoms with Crippen molar-refractivity contribution in [2.75, 3.05) is 17.6 Å². The van der Waals surface area contributed by atoms with Crippen LogP contribution in [0.5, 0.6) is 0 Å². The molecular weight excluding hydrogens is 284 g/mol. The summed E-state index contributed by atoms with van der Waals surface area (Å²) in [6, 6.07) is 1.65. The molecule has 4 N–H and O–H groups in total. The van der Waals surface area contributed by atoms with Crippen molar-refractivity contribution < 1.29 is 5.11 Å². The first-order chi connectivity index (χ1) is 8.15. The van der Waals surface area contributed by atoms with E-state index in [1.807, 2.05) is 0 Å². The van der Waals surface area contributed by atoms with Crippen molar-refractivity contribution in [2.45, 2.75) is 31.8 Å². The van der Waals surface area contributed by atoms with Gasteiger partial charge in [-0.15, -0.1) is 0 Å². The number of nitrogens with one attached hydrogen (secondary N) is 1. The van der Waals surface area contributed by atoms with Crippen LogP contribution in [-0.2, 0) is 0 Å². The Kier molecular flexibility index (Phi) is 4.17. The number of nitrogens with two attached hydrogens (primary N) is 1. The molecule has 1 fully saturated rings. The van der Waals surface area contributed by atoms with Crippen molar-refractivity contribution in [3.05, 3.63) is 10.7 Å². The summed E-state index contributed by atoms with van der Waals surface area (Å²) in [5.41, 5.74) is 5.62. The van der Waals surface area contributed by atoms with E-state index in [1.54, 1.807) is 6.07 Å². The molecule has 5 nitrogen and oxygen atoms in total. The van der Waals surface area contributed by atoms with Crippen molar-refractivity contribution in [1.82, 2.24) is 9.97 Å². The molecule has 0 saturated heterocycles. The van der Waals surface area contributed by atoms with Gasteiger partial charge >= 0.3 is 0 Å². The van der Waals surface area contributed by atoms with Crippen LogP contribution in [0.25, 0.3) is 0 Å². The molecule has 0 aromatic carbocycles. The Morgan fingerprint density at radius 3 is 2.88 bits per heavy atom. The van der Waals surface area contributed by atoms with E-state index in [0.717, 1.165) is 19.3 Å². The lowest BCUT2D eigenvalue weighted by Gasteiger charge is -2.27. The van der Waals surface area contributed by atoms with E-state index in [4.69, 9.17) is 5.73 Å². The van der Waals surface area contributed by atoms with Gasteiger partial charge in [-0.2, -0.15) is 4.98 Å². The third kappa shape index (κ3) is 3.54. The Hall–Kier alpha value is -0.880. The van der Waals surface area contributed by atoms with Crippen LogP contribution in [0.15, 0.2) is 10.7 Å². The Morgan fingerprint density at radius 1 is 1.41 bits per heavy atom. The van der Waals surface area contributed by atoms with E-state index in [2.05, 4.69) is 31.2 Å². The number of aromatic nitrogens is 2. The minimum absolute atomic E-state index is 0.208. The van der Waals surface area contributed by atoms with E-state index in [9.17, 15) is 5.11 Å². The van der Waals surface area contributed by atoms with Crippen LogP contribution in [0.2, 0.25) is 0 Å². The first-order valence-electron chi connectivity index (χ1n) is 5.87. The zero-order chi connectivity index (χ0) is 12.3. The lowest BCUT2D eigenvalue weighted by molar-refractivity contribution is 0.0762. The van der Waals surface area contributed by atoms with Crippen LogP contribution >= 0.6 is 15.9 Å². The molecular formula is C11H17BrN4O. The number of halogens is 1. The molecule has 1 aliphatic carbocycles. The molecule has 1 aliphatic rings. The quantitative estimate of drug-likeness (QED) is 0.741. The number of aliphatic hydroxyl groups excluding tert-OH is 1. The highest BCUT2D eigenvalue weighted by Gasteiger charge is 2.22. The Balaban J connectivity index is 1.92. The maximum Gasteiger partial charge on any atom is 0.225 e. The van der Waals surface area contributed by atoms with Gasteiger partial charge in [-0.1, -0.05) is 12.8 Å². The van der Waals surface area contributed by atoms with Crippen molar-refractivity contribution >= 4 is 27.7 Å². The van der Waals surface area contributed by atoms with Crippen molar-refractivity contribution in [1.29, 1.82) is 0 Å². The van der Waals surface area contributed by atoms with Gasteiger partial charge in [-0.25, -0.2) is 4.98 Å². The summed E-state index contributed by atoms with van der Waals surface area (Å²) >= 11 is 3.27. The number of hydrogen-bond donors (Lipinski definition) is 3. The van der Waals surface area contributed by atoms with Crippen molar-refractivity contribution in [2.24, 2.45) is 5.92 Å². The monoisotopic (exact) mass is 300 g/mol. The van der Waals surface area contributed by atoms with E-state index >= 15 is 0 Å². The molecule has 1 saturated carbocycles. The number of nitrogens with zero attached hydrogens (tertiary/aromatic N) is 2. The average Bonchev–Trinajstić information content (AvgIpc) is 2.27. The molecule has 94 valence electrons. The minimum atomic E-state index is -0.208. The summed E-state index contributed by atoms with van der Waals surface area (Å²) in [6.07, 6.45) is 4.05. The van der Waals surface area contributed by atoms with Gasteiger partial charge < -0.3 is 16.2 Å². The molecule has 0 amide bonds. The SMILES string of the molecule is Nc1cc(Br)nc(NCC2CCCCC2O)n1. The lowest BCUT2D eigenvalue weighted by Crippen LogP contribution is -2.30. The van der Waals surface area contributed by atoms with Crippen LogP contribution < -0.4 is 11.1 Å². The van der Waals surface area contributed by atoms with Gasteiger partial charge in [0.1, 0.15) is 10.4 Å². The number of nitrogen functional groups attached to an aromatic ring is 1. The zero-order valence-corrected chi connectivity index (χ0v) is 11.2. The highest BCUT2D eigenvalue weighted by atomic mass is 79.9. The van der Waals surface area contributed by atoms with Crippen LogP contribution in [0.3, 0.4) is 0 Å². The summed E-state index contributed by atoms with van der Waals surface area (Å²) in [5, 5.41) is 13.0. The molecule has 17 heavy (non-hydrogen) atoms. The van der Waals surface area contributed by atoms with Gasteiger partial charge in [0, 0.05) is 18.5 Å². The Labute approximate surface area is 109 Å². The van der Waals surface area contributed by atoms with Crippen LogP contribution in [-0.4, -0.2) is 27.7 Å². The molecule has 1 aromatic rings. The second-order valence-corrected chi connectivity index (χ2v) is 5.24. The normalized spacial score (nSPS) is 24.6. The smallest absolute Gasteiger partial charge is 0.225 e.